The molecule has 0 aliphatic rings. The van der Waals surface area contributed by atoms with Crippen molar-refractivity contribution in [2.75, 3.05) is 10.7 Å². The van der Waals surface area contributed by atoms with Crippen molar-refractivity contribution in [3.63, 3.8) is 0 Å². The standard InChI is InChI=1S/C23H28N4O2S/c1-7-15(5)26-27-23-24-19-12-14(4)20(16(6)21(19)30-23)25-22(28)17-8-10-18(11-9-17)29-13(2)3/h8-13H,7H2,1-6H3,(H,24,27)(H,25,28)/b26-15-. The van der Waals surface area contributed by atoms with Crippen LogP contribution in [0.15, 0.2) is 35.4 Å². The van der Waals surface area contributed by atoms with Gasteiger partial charge in [0.05, 0.1) is 16.3 Å². The van der Waals surface area contributed by atoms with Gasteiger partial charge in [-0.05, 0) is 82.5 Å². The summed E-state index contributed by atoms with van der Waals surface area (Å²) in [6, 6.07) is 9.18. The molecule has 0 aliphatic heterocycles. The van der Waals surface area contributed by atoms with Gasteiger partial charge in [0.15, 0.2) is 0 Å². The minimum absolute atomic E-state index is 0.0945. The van der Waals surface area contributed by atoms with E-state index < -0.39 is 0 Å². The van der Waals surface area contributed by atoms with Gasteiger partial charge in [-0.25, -0.2) is 4.98 Å². The lowest BCUT2D eigenvalue weighted by molar-refractivity contribution is 0.102. The molecular weight excluding hydrogens is 396 g/mol. The summed E-state index contributed by atoms with van der Waals surface area (Å²) in [6.07, 6.45) is 0.980. The predicted octanol–water partition coefficient (Wildman–Crippen LogP) is 6.15. The van der Waals surface area contributed by atoms with Gasteiger partial charge in [-0.2, -0.15) is 5.10 Å². The lowest BCUT2D eigenvalue weighted by Gasteiger charge is -2.13. The minimum Gasteiger partial charge on any atom is -0.491 e. The van der Waals surface area contributed by atoms with Crippen LogP contribution in [0.25, 0.3) is 10.2 Å². The molecule has 0 saturated carbocycles. The smallest absolute Gasteiger partial charge is 0.255 e. The van der Waals surface area contributed by atoms with Crippen LogP contribution in [0.4, 0.5) is 10.8 Å². The van der Waals surface area contributed by atoms with Crippen molar-refractivity contribution in [3.05, 3.63) is 47.0 Å². The van der Waals surface area contributed by atoms with Crippen LogP contribution < -0.4 is 15.5 Å². The molecule has 7 heteroatoms. The van der Waals surface area contributed by atoms with Crippen molar-refractivity contribution in [1.82, 2.24) is 4.98 Å². The number of benzene rings is 2. The monoisotopic (exact) mass is 424 g/mol. The zero-order valence-corrected chi connectivity index (χ0v) is 19.1. The summed E-state index contributed by atoms with van der Waals surface area (Å²) in [7, 11) is 0. The topological polar surface area (TPSA) is 75.6 Å². The molecule has 0 radical (unpaired) electrons. The molecular formula is C23H28N4O2S. The second-order valence-electron chi connectivity index (χ2n) is 7.52. The van der Waals surface area contributed by atoms with Crippen LogP contribution in [0.1, 0.15) is 55.6 Å². The number of aromatic nitrogens is 1. The maximum Gasteiger partial charge on any atom is 0.255 e. The number of carbonyl (C=O) groups excluding carboxylic acids is 1. The molecule has 0 unspecified atom stereocenters. The van der Waals surface area contributed by atoms with Gasteiger partial charge in [0.1, 0.15) is 5.75 Å². The number of hydrogen-bond acceptors (Lipinski definition) is 6. The van der Waals surface area contributed by atoms with Gasteiger partial charge >= 0.3 is 0 Å². The molecule has 2 N–H and O–H groups in total. The van der Waals surface area contributed by atoms with E-state index in [4.69, 9.17) is 4.74 Å². The van der Waals surface area contributed by atoms with Gasteiger partial charge in [0.2, 0.25) is 5.13 Å². The molecule has 0 fully saturated rings. The summed E-state index contributed by atoms with van der Waals surface area (Å²) in [5.41, 5.74) is 8.32. The summed E-state index contributed by atoms with van der Waals surface area (Å²) >= 11 is 1.53. The highest BCUT2D eigenvalue weighted by Gasteiger charge is 2.15. The Bertz CT molecular complexity index is 1080. The average Bonchev–Trinajstić information content (AvgIpc) is 3.12. The molecule has 6 nitrogen and oxygen atoms in total. The maximum absolute atomic E-state index is 12.8. The SMILES string of the molecule is CC/C(C)=N\Nc1nc2cc(C)c(NC(=O)c3ccc(OC(C)C)cc3)c(C)c2s1. The highest BCUT2D eigenvalue weighted by atomic mass is 32.1. The lowest BCUT2D eigenvalue weighted by Crippen LogP contribution is -2.14. The second-order valence-corrected chi connectivity index (χ2v) is 8.52. The van der Waals surface area contributed by atoms with Crippen LogP contribution >= 0.6 is 11.3 Å². The minimum atomic E-state index is -0.150. The van der Waals surface area contributed by atoms with Gasteiger partial charge in [-0.3, -0.25) is 10.2 Å². The Labute approximate surface area is 181 Å². The van der Waals surface area contributed by atoms with Gasteiger partial charge in [0.25, 0.3) is 5.91 Å². The first kappa shape index (κ1) is 21.8. The quantitative estimate of drug-likeness (QED) is 0.352. The number of anilines is 2. The fourth-order valence-corrected chi connectivity index (χ4v) is 3.88. The van der Waals surface area contributed by atoms with E-state index in [1.165, 1.54) is 11.3 Å². The summed E-state index contributed by atoms with van der Waals surface area (Å²) < 4.78 is 6.68. The number of thiazole rings is 1. The highest BCUT2D eigenvalue weighted by molar-refractivity contribution is 7.22. The lowest BCUT2D eigenvalue weighted by atomic mass is 10.1. The molecule has 2 aromatic carbocycles. The maximum atomic E-state index is 12.8. The molecule has 1 amide bonds. The molecule has 3 rings (SSSR count). The van der Waals surface area contributed by atoms with Crippen LogP contribution in [0.3, 0.4) is 0 Å². The Morgan fingerprint density at radius 2 is 1.93 bits per heavy atom. The van der Waals surface area contributed by atoms with E-state index in [9.17, 15) is 4.79 Å². The molecule has 0 saturated heterocycles. The van der Waals surface area contributed by atoms with Crippen LogP contribution in [-0.2, 0) is 0 Å². The van der Waals surface area contributed by atoms with Crippen molar-refractivity contribution in [3.8, 4) is 5.75 Å². The van der Waals surface area contributed by atoms with E-state index in [-0.39, 0.29) is 12.0 Å². The Morgan fingerprint density at radius 3 is 2.57 bits per heavy atom. The Kier molecular flexibility index (Phi) is 6.72. The first-order valence-corrected chi connectivity index (χ1v) is 10.9. The van der Waals surface area contributed by atoms with E-state index >= 15 is 0 Å². The van der Waals surface area contributed by atoms with Crippen molar-refractivity contribution in [1.29, 1.82) is 0 Å². The third kappa shape index (κ3) is 4.97. The highest BCUT2D eigenvalue weighted by Crippen LogP contribution is 2.35. The first-order chi connectivity index (χ1) is 14.3. The molecule has 30 heavy (non-hydrogen) atoms. The summed E-state index contributed by atoms with van der Waals surface area (Å²) in [6.45, 7) is 12.0. The van der Waals surface area contributed by atoms with Gasteiger partial charge < -0.3 is 10.1 Å². The fraction of sp³-hybridized carbons (Fsp3) is 0.348. The van der Waals surface area contributed by atoms with E-state index in [0.29, 0.717) is 5.56 Å². The van der Waals surface area contributed by atoms with E-state index in [0.717, 1.165) is 50.0 Å². The number of aryl methyl sites for hydroxylation is 2. The second kappa shape index (κ2) is 9.26. The molecule has 0 bridgehead atoms. The van der Waals surface area contributed by atoms with E-state index in [2.05, 4.69) is 27.8 Å². The van der Waals surface area contributed by atoms with Crippen molar-refractivity contribution in [2.45, 2.75) is 54.1 Å². The zero-order valence-electron chi connectivity index (χ0n) is 18.3. The zero-order chi connectivity index (χ0) is 21.8. The molecule has 0 spiro atoms. The number of carbonyl (C=O) groups is 1. The van der Waals surface area contributed by atoms with Crippen LogP contribution in [0.5, 0.6) is 5.75 Å². The van der Waals surface area contributed by atoms with Crippen LogP contribution in [0.2, 0.25) is 0 Å². The van der Waals surface area contributed by atoms with Gasteiger partial charge in [-0.15, -0.1) is 0 Å². The molecule has 1 aromatic heterocycles. The summed E-state index contributed by atoms with van der Waals surface area (Å²) in [4.78, 5) is 17.4. The molecule has 0 aliphatic carbocycles. The molecule has 1 heterocycles. The Morgan fingerprint density at radius 1 is 1.23 bits per heavy atom. The van der Waals surface area contributed by atoms with Gasteiger partial charge in [0, 0.05) is 17.0 Å². The molecule has 3 aromatic rings. The third-order valence-electron chi connectivity index (χ3n) is 4.70. The normalized spacial score (nSPS) is 11.8. The summed E-state index contributed by atoms with van der Waals surface area (Å²) in [5.74, 6) is 0.601. The first-order valence-electron chi connectivity index (χ1n) is 10.1. The number of rotatable bonds is 7. The van der Waals surface area contributed by atoms with E-state index in [1.54, 1.807) is 12.1 Å². The van der Waals surface area contributed by atoms with E-state index in [1.807, 2.05) is 52.8 Å². The third-order valence-corrected chi connectivity index (χ3v) is 5.79. The largest absolute Gasteiger partial charge is 0.491 e. The number of hydrogen-bond donors (Lipinski definition) is 2. The Balaban J connectivity index is 1.84. The number of nitrogens with zero attached hydrogens (tertiary/aromatic N) is 2. The number of hydrazone groups is 1. The predicted molar refractivity (Wildman–Crippen MR) is 126 cm³/mol. The van der Waals surface area contributed by atoms with Crippen molar-refractivity contribution in [2.24, 2.45) is 5.10 Å². The summed E-state index contributed by atoms with van der Waals surface area (Å²) in [5, 5.41) is 8.14. The molecule has 158 valence electrons. The number of amides is 1. The number of nitrogens with one attached hydrogen (secondary N) is 2. The van der Waals surface area contributed by atoms with Crippen LogP contribution in [-0.4, -0.2) is 22.7 Å². The fourth-order valence-electron chi connectivity index (χ4n) is 2.99. The van der Waals surface area contributed by atoms with Gasteiger partial charge in [-0.1, -0.05) is 18.3 Å². The number of ether oxygens (including phenoxy) is 1. The van der Waals surface area contributed by atoms with Crippen molar-refractivity contribution < 1.29 is 9.53 Å². The van der Waals surface area contributed by atoms with Crippen LogP contribution in [0, 0.1) is 13.8 Å². The average molecular weight is 425 g/mol. The molecule has 0 atom stereocenters. The Hall–Kier alpha value is -2.93. The number of fused-ring (bicyclic) bond motifs is 1. The van der Waals surface area contributed by atoms with Crippen molar-refractivity contribution >= 4 is 44.0 Å².